The van der Waals surface area contributed by atoms with Crippen molar-refractivity contribution in [2.24, 2.45) is 5.92 Å². The Kier molecular flexibility index (Phi) is 6.30. The molecule has 1 aromatic rings. The Balaban J connectivity index is 0.00000225. The molecule has 0 amide bonds. The first-order valence-corrected chi connectivity index (χ1v) is 7.97. The van der Waals surface area contributed by atoms with Gasteiger partial charge in [0.05, 0.1) is 5.56 Å². The van der Waals surface area contributed by atoms with Crippen LogP contribution in [0.25, 0.3) is 0 Å². The number of nitrogens with zero attached hydrogens (tertiary/aromatic N) is 1. The molecule has 25 heavy (non-hydrogen) atoms. The van der Waals surface area contributed by atoms with Crippen molar-refractivity contribution in [3.8, 4) is 5.88 Å². The molecule has 0 aromatic carbocycles. The number of nitrogens with one attached hydrogen (secondary N) is 1. The van der Waals surface area contributed by atoms with Gasteiger partial charge in [0.1, 0.15) is 5.76 Å². The van der Waals surface area contributed by atoms with Crippen LogP contribution < -0.4 is 10.1 Å². The molecule has 2 aliphatic rings. The van der Waals surface area contributed by atoms with Gasteiger partial charge in [-0.3, -0.25) is 0 Å². The highest BCUT2D eigenvalue weighted by Crippen LogP contribution is 2.33. The average Bonchev–Trinajstić information content (AvgIpc) is 2.57. The van der Waals surface area contributed by atoms with Crippen molar-refractivity contribution in [3.63, 3.8) is 0 Å². The molecule has 1 atom stereocenters. The van der Waals surface area contributed by atoms with Gasteiger partial charge in [-0.25, -0.2) is 4.98 Å². The first-order valence-electron chi connectivity index (χ1n) is 7.97. The maximum Gasteiger partial charge on any atom is 0.417 e. The van der Waals surface area contributed by atoms with E-state index in [0.29, 0.717) is 5.76 Å². The van der Waals surface area contributed by atoms with Gasteiger partial charge in [0.25, 0.3) is 0 Å². The zero-order valence-electron chi connectivity index (χ0n) is 13.8. The number of alkyl halides is 3. The lowest BCUT2D eigenvalue weighted by atomic mass is 9.87. The maximum atomic E-state index is 12.6. The monoisotopic (exact) mass is 372 g/mol. The van der Waals surface area contributed by atoms with E-state index in [1.54, 1.807) is 0 Å². The fraction of sp³-hybridized carbons (Fsp3) is 0.389. The number of pyridine rings is 1. The third-order valence-electron chi connectivity index (χ3n) is 4.33. The lowest BCUT2D eigenvalue weighted by Crippen LogP contribution is -2.25. The largest absolute Gasteiger partial charge is 0.443 e. The number of allylic oxidation sites excluding steroid dienone is 4. The smallest absolute Gasteiger partial charge is 0.417 e. The molecule has 1 aliphatic carbocycles. The van der Waals surface area contributed by atoms with Crippen molar-refractivity contribution in [2.45, 2.75) is 25.9 Å². The first kappa shape index (κ1) is 19.5. The number of ether oxygens (including phenoxy) is 1. The summed E-state index contributed by atoms with van der Waals surface area (Å²) in [7, 11) is 0. The van der Waals surface area contributed by atoms with Crippen molar-refractivity contribution < 1.29 is 17.9 Å². The van der Waals surface area contributed by atoms with Crippen LogP contribution in [-0.2, 0) is 6.18 Å². The normalized spacial score (nSPS) is 20.8. The van der Waals surface area contributed by atoms with Crippen molar-refractivity contribution >= 4 is 12.4 Å². The van der Waals surface area contributed by atoms with E-state index in [1.165, 1.54) is 17.2 Å². The second kappa shape index (κ2) is 8.06. The van der Waals surface area contributed by atoms with Crippen molar-refractivity contribution in [1.82, 2.24) is 10.3 Å². The lowest BCUT2D eigenvalue weighted by Gasteiger charge is -2.26. The van der Waals surface area contributed by atoms with Crippen LogP contribution in [0.1, 0.15) is 25.3 Å². The molecule has 3 nitrogen and oxygen atoms in total. The molecule has 1 aromatic heterocycles. The number of halogens is 4. The highest BCUT2D eigenvalue weighted by atomic mass is 35.5. The Hall–Kier alpha value is -1.79. The molecule has 0 saturated carbocycles. The van der Waals surface area contributed by atoms with E-state index in [2.05, 4.69) is 16.4 Å². The third kappa shape index (κ3) is 4.64. The number of hydrogen-bond acceptors (Lipinski definition) is 3. The second-order valence-electron chi connectivity index (χ2n) is 5.94. The van der Waals surface area contributed by atoms with Crippen LogP contribution in [-0.4, -0.2) is 18.1 Å². The van der Waals surface area contributed by atoms with E-state index in [-0.39, 0.29) is 24.2 Å². The quantitative estimate of drug-likeness (QED) is 0.819. The van der Waals surface area contributed by atoms with Crippen molar-refractivity contribution in [1.29, 1.82) is 0 Å². The topological polar surface area (TPSA) is 34.1 Å². The molecule has 0 bridgehead atoms. The van der Waals surface area contributed by atoms with Crippen LogP contribution in [0.15, 0.2) is 53.5 Å². The highest BCUT2D eigenvalue weighted by Gasteiger charge is 2.31. The SMILES string of the molecule is CC1C(Oc2ccc(C(F)(F)F)cn2)=CC=CC1=C1CCNCC1.Cl. The molecule has 136 valence electrons. The van der Waals surface area contributed by atoms with Gasteiger partial charge in [-0.05, 0) is 43.6 Å². The predicted molar refractivity (Wildman–Crippen MR) is 92.6 cm³/mol. The Bertz CT molecular complexity index is 685. The van der Waals surface area contributed by atoms with E-state index in [4.69, 9.17) is 4.74 Å². The molecule has 0 spiro atoms. The molecular formula is C18H20ClF3N2O. The van der Waals surface area contributed by atoms with Gasteiger partial charge in [-0.2, -0.15) is 13.2 Å². The van der Waals surface area contributed by atoms with Gasteiger partial charge in [0.15, 0.2) is 0 Å². The Morgan fingerprint density at radius 3 is 2.52 bits per heavy atom. The summed E-state index contributed by atoms with van der Waals surface area (Å²) in [4.78, 5) is 3.78. The Morgan fingerprint density at radius 1 is 1.20 bits per heavy atom. The summed E-state index contributed by atoms with van der Waals surface area (Å²) < 4.78 is 43.5. The molecule has 0 radical (unpaired) electrons. The fourth-order valence-corrected chi connectivity index (χ4v) is 2.98. The van der Waals surface area contributed by atoms with E-state index >= 15 is 0 Å². The summed E-state index contributed by atoms with van der Waals surface area (Å²) >= 11 is 0. The molecule has 1 saturated heterocycles. The average molecular weight is 373 g/mol. The lowest BCUT2D eigenvalue weighted by molar-refractivity contribution is -0.137. The molecule has 1 N–H and O–H groups in total. The summed E-state index contributed by atoms with van der Waals surface area (Å²) in [6.45, 7) is 3.99. The summed E-state index contributed by atoms with van der Waals surface area (Å²) in [5.41, 5.74) is 1.87. The van der Waals surface area contributed by atoms with Gasteiger partial charge in [-0.1, -0.05) is 24.6 Å². The summed E-state index contributed by atoms with van der Waals surface area (Å²) in [6, 6.07) is 2.24. The minimum absolute atomic E-state index is 0. The van der Waals surface area contributed by atoms with Crippen LogP contribution in [0.4, 0.5) is 13.2 Å². The molecule has 2 heterocycles. The number of hydrogen-bond donors (Lipinski definition) is 1. The molecule has 1 fully saturated rings. The van der Waals surface area contributed by atoms with Gasteiger partial charge >= 0.3 is 6.18 Å². The van der Waals surface area contributed by atoms with Gasteiger partial charge < -0.3 is 10.1 Å². The summed E-state index contributed by atoms with van der Waals surface area (Å²) in [5, 5.41) is 3.33. The number of rotatable bonds is 2. The van der Waals surface area contributed by atoms with Gasteiger partial charge in [0.2, 0.25) is 5.88 Å². The van der Waals surface area contributed by atoms with E-state index < -0.39 is 11.7 Å². The molecule has 3 rings (SSSR count). The van der Waals surface area contributed by atoms with Gasteiger partial charge in [-0.15, -0.1) is 12.4 Å². The van der Waals surface area contributed by atoms with Crippen molar-refractivity contribution in [3.05, 3.63) is 59.0 Å². The molecule has 1 aliphatic heterocycles. The van der Waals surface area contributed by atoms with E-state index in [0.717, 1.165) is 38.2 Å². The van der Waals surface area contributed by atoms with Gasteiger partial charge in [0, 0.05) is 18.2 Å². The Morgan fingerprint density at radius 2 is 1.92 bits per heavy atom. The zero-order valence-corrected chi connectivity index (χ0v) is 14.6. The minimum atomic E-state index is -4.39. The predicted octanol–water partition coefficient (Wildman–Crippen LogP) is 4.67. The third-order valence-corrected chi connectivity index (χ3v) is 4.33. The zero-order chi connectivity index (χ0) is 17.2. The Labute approximate surface area is 151 Å². The summed E-state index contributed by atoms with van der Waals surface area (Å²) in [5.74, 6) is 0.934. The summed E-state index contributed by atoms with van der Waals surface area (Å²) in [6.07, 6.45) is 4.28. The fourth-order valence-electron chi connectivity index (χ4n) is 2.98. The standard InChI is InChI=1S/C18H19F3N2O.ClH/c1-12-15(13-7-9-22-10-8-13)3-2-4-16(12)24-17-6-5-14(11-23-17)18(19,20)21;/h2-6,11-12,22H,7-10H2,1H3;1H. The second-order valence-corrected chi connectivity index (χ2v) is 5.94. The first-order chi connectivity index (χ1) is 11.4. The van der Waals surface area contributed by atoms with E-state index in [1.807, 2.05) is 19.1 Å². The van der Waals surface area contributed by atoms with Crippen molar-refractivity contribution in [2.75, 3.05) is 13.1 Å². The molecular weight excluding hydrogens is 353 g/mol. The minimum Gasteiger partial charge on any atom is -0.443 e. The molecule has 7 heteroatoms. The van der Waals surface area contributed by atoms with Crippen LogP contribution in [0.2, 0.25) is 0 Å². The van der Waals surface area contributed by atoms with E-state index in [9.17, 15) is 13.2 Å². The van der Waals surface area contributed by atoms with Crippen LogP contribution in [0, 0.1) is 5.92 Å². The maximum absolute atomic E-state index is 12.6. The van der Waals surface area contributed by atoms with Crippen LogP contribution in [0.3, 0.4) is 0 Å². The highest BCUT2D eigenvalue weighted by molar-refractivity contribution is 5.85. The van der Waals surface area contributed by atoms with Crippen LogP contribution in [0.5, 0.6) is 5.88 Å². The van der Waals surface area contributed by atoms with Crippen LogP contribution >= 0.6 is 12.4 Å². The number of aromatic nitrogens is 1. The number of piperidine rings is 1. The molecule has 1 unspecified atom stereocenters.